The summed E-state index contributed by atoms with van der Waals surface area (Å²) in [6.45, 7) is 7.71. The number of nitrogens with two attached hydrogens (primary N) is 1. The molecule has 5 heteroatoms. The molecule has 4 nitrogen and oxygen atoms in total. The minimum absolute atomic E-state index is 0.197. The van der Waals surface area contributed by atoms with Crippen molar-refractivity contribution < 1.29 is 9.18 Å². The summed E-state index contributed by atoms with van der Waals surface area (Å²) >= 11 is 0. The van der Waals surface area contributed by atoms with Crippen LogP contribution < -0.4 is 11.1 Å². The normalized spacial score (nSPS) is 10.7. The van der Waals surface area contributed by atoms with E-state index in [-0.39, 0.29) is 11.5 Å². The molecule has 0 aliphatic carbocycles. The van der Waals surface area contributed by atoms with E-state index in [0.717, 1.165) is 32.1 Å². The molecule has 1 rings (SSSR count). The first-order chi connectivity index (χ1) is 9.08. The third-order valence-corrected chi connectivity index (χ3v) is 3.09. The monoisotopic (exact) mass is 267 g/mol. The van der Waals surface area contributed by atoms with Gasteiger partial charge in [0.2, 0.25) is 0 Å². The number of carbonyl (C=O) groups is 1. The Balaban J connectivity index is 2.41. The lowest BCUT2D eigenvalue weighted by Gasteiger charge is -2.17. The predicted octanol–water partition coefficient (Wildman–Crippen LogP) is 1.87. The molecule has 0 fully saturated rings. The zero-order valence-electron chi connectivity index (χ0n) is 11.6. The number of carbonyl (C=O) groups excluding carboxylic acids is 1. The van der Waals surface area contributed by atoms with Gasteiger partial charge in [-0.1, -0.05) is 13.8 Å². The molecule has 0 saturated carbocycles. The highest BCUT2D eigenvalue weighted by molar-refractivity contribution is 5.99. The Kier molecular flexibility index (Phi) is 6.29. The van der Waals surface area contributed by atoms with Gasteiger partial charge in [0.05, 0.1) is 5.56 Å². The largest absolute Gasteiger partial charge is 0.398 e. The van der Waals surface area contributed by atoms with E-state index >= 15 is 0 Å². The first-order valence-corrected chi connectivity index (χ1v) is 6.64. The first kappa shape index (κ1) is 15.4. The first-order valence-electron chi connectivity index (χ1n) is 6.64. The van der Waals surface area contributed by atoms with Crippen LogP contribution in [0.4, 0.5) is 10.1 Å². The summed E-state index contributed by atoms with van der Waals surface area (Å²) in [5, 5.41) is 2.76. The molecule has 0 unspecified atom stereocenters. The van der Waals surface area contributed by atoms with Gasteiger partial charge in [-0.15, -0.1) is 0 Å². The van der Waals surface area contributed by atoms with E-state index in [2.05, 4.69) is 24.1 Å². The van der Waals surface area contributed by atoms with E-state index in [4.69, 9.17) is 5.73 Å². The molecule has 0 aliphatic heterocycles. The maximum Gasteiger partial charge on any atom is 0.253 e. The van der Waals surface area contributed by atoms with Crippen LogP contribution in [-0.2, 0) is 0 Å². The van der Waals surface area contributed by atoms with E-state index in [9.17, 15) is 9.18 Å². The standard InChI is InChI=1S/C14H22FN3O/c1-3-18(4-2)9-5-8-17-14(19)12-10-11(15)6-7-13(12)16/h6-7,10H,3-5,8-9,16H2,1-2H3,(H,17,19). The second kappa shape index (κ2) is 7.74. The molecule has 3 N–H and O–H groups in total. The summed E-state index contributed by atoms with van der Waals surface area (Å²) in [5.74, 6) is -0.779. The summed E-state index contributed by atoms with van der Waals surface area (Å²) in [6.07, 6.45) is 0.864. The minimum Gasteiger partial charge on any atom is -0.398 e. The quantitative estimate of drug-likeness (QED) is 0.585. The molecule has 0 spiro atoms. The highest BCUT2D eigenvalue weighted by Crippen LogP contribution is 2.12. The number of hydrogen-bond donors (Lipinski definition) is 2. The highest BCUT2D eigenvalue weighted by atomic mass is 19.1. The van der Waals surface area contributed by atoms with Crippen LogP contribution in [-0.4, -0.2) is 37.0 Å². The molecule has 0 aromatic heterocycles. The Bertz CT molecular complexity index is 419. The van der Waals surface area contributed by atoms with Crippen molar-refractivity contribution in [3.05, 3.63) is 29.6 Å². The van der Waals surface area contributed by atoms with E-state index in [1.165, 1.54) is 12.1 Å². The number of hydrogen-bond acceptors (Lipinski definition) is 3. The van der Waals surface area contributed by atoms with Crippen LogP contribution in [0.2, 0.25) is 0 Å². The van der Waals surface area contributed by atoms with Gasteiger partial charge < -0.3 is 16.0 Å². The summed E-state index contributed by atoms with van der Waals surface area (Å²) in [7, 11) is 0. The average molecular weight is 267 g/mol. The number of nitrogens with zero attached hydrogens (tertiary/aromatic N) is 1. The summed E-state index contributed by atoms with van der Waals surface area (Å²) in [4.78, 5) is 14.1. The Morgan fingerprint density at radius 3 is 2.68 bits per heavy atom. The van der Waals surface area contributed by atoms with E-state index < -0.39 is 5.82 Å². The molecule has 0 aliphatic rings. The SMILES string of the molecule is CCN(CC)CCCNC(=O)c1cc(F)ccc1N. The number of rotatable bonds is 7. The molecular formula is C14H22FN3O. The molecule has 19 heavy (non-hydrogen) atoms. The smallest absolute Gasteiger partial charge is 0.253 e. The van der Waals surface area contributed by atoms with Crippen LogP contribution in [0.1, 0.15) is 30.6 Å². The van der Waals surface area contributed by atoms with Gasteiger partial charge in [0.15, 0.2) is 0 Å². The summed E-state index contributed by atoms with van der Waals surface area (Å²) < 4.78 is 13.1. The molecule has 0 bridgehead atoms. The zero-order chi connectivity index (χ0) is 14.3. The van der Waals surface area contributed by atoms with Crippen molar-refractivity contribution in [2.45, 2.75) is 20.3 Å². The van der Waals surface area contributed by atoms with Crippen LogP contribution in [0, 0.1) is 5.82 Å². The fourth-order valence-electron chi connectivity index (χ4n) is 1.86. The maximum atomic E-state index is 13.1. The number of anilines is 1. The molecule has 0 saturated heterocycles. The van der Waals surface area contributed by atoms with Crippen molar-refractivity contribution in [2.75, 3.05) is 31.9 Å². The number of nitrogens with one attached hydrogen (secondary N) is 1. The molecule has 0 heterocycles. The maximum absolute atomic E-state index is 13.1. The number of nitrogen functional groups attached to an aromatic ring is 1. The van der Waals surface area contributed by atoms with Crippen LogP contribution in [0.15, 0.2) is 18.2 Å². The van der Waals surface area contributed by atoms with Gasteiger partial charge in [0.1, 0.15) is 5.82 Å². The number of halogens is 1. The predicted molar refractivity (Wildman–Crippen MR) is 75.6 cm³/mol. The van der Waals surface area contributed by atoms with Crippen LogP contribution in [0.25, 0.3) is 0 Å². The topological polar surface area (TPSA) is 58.4 Å². The number of amides is 1. The molecular weight excluding hydrogens is 245 g/mol. The lowest BCUT2D eigenvalue weighted by atomic mass is 10.1. The molecule has 106 valence electrons. The Labute approximate surface area is 113 Å². The second-order valence-electron chi connectivity index (χ2n) is 4.37. The third-order valence-electron chi connectivity index (χ3n) is 3.09. The van der Waals surface area contributed by atoms with Crippen molar-refractivity contribution in [3.63, 3.8) is 0 Å². The molecule has 0 radical (unpaired) electrons. The van der Waals surface area contributed by atoms with Crippen molar-refractivity contribution >= 4 is 11.6 Å². The Morgan fingerprint density at radius 1 is 1.37 bits per heavy atom. The fourth-order valence-corrected chi connectivity index (χ4v) is 1.86. The van der Waals surface area contributed by atoms with Crippen molar-refractivity contribution in [3.8, 4) is 0 Å². The van der Waals surface area contributed by atoms with E-state index in [1.807, 2.05) is 0 Å². The van der Waals surface area contributed by atoms with Gasteiger partial charge >= 0.3 is 0 Å². The fraction of sp³-hybridized carbons (Fsp3) is 0.500. The van der Waals surface area contributed by atoms with Gasteiger partial charge in [-0.05, 0) is 44.3 Å². The van der Waals surface area contributed by atoms with E-state index in [1.54, 1.807) is 0 Å². The van der Waals surface area contributed by atoms with Gasteiger partial charge in [0, 0.05) is 12.2 Å². The average Bonchev–Trinajstić information content (AvgIpc) is 2.41. The van der Waals surface area contributed by atoms with Crippen LogP contribution in [0.5, 0.6) is 0 Å². The van der Waals surface area contributed by atoms with Gasteiger partial charge in [0.25, 0.3) is 5.91 Å². The lowest BCUT2D eigenvalue weighted by Crippen LogP contribution is -2.30. The Hall–Kier alpha value is -1.62. The molecule has 1 aromatic carbocycles. The lowest BCUT2D eigenvalue weighted by molar-refractivity contribution is 0.0952. The number of benzene rings is 1. The van der Waals surface area contributed by atoms with Gasteiger partial charge in [-0.2, -0.15) is 0 Å². The molecule has 0 atom stereocenters. The Morgan fingerprint density at radius 2 is 2.05 bits per heavy atom. The third kappa shape index (κ3) is 4.87. The van der Waals surface area contributed by atoms with Crippen molar-refractivity contribution in [1.82, 2.24) is 10.2 Å². The van der Waals surface area contributed by atoms with Crippen LogP contribution >= 0.6 is 0 Å². The summed E-state index contributed by atoms with van der Waals surface area (Å²) in [5.41, 5.74) is 6.14. The molecule has 1 aromatic rings. The van der Waals surface area contributed by atoms with Crippen molar-refractivity contribution in [2.24, 2.45) is 0 Å². The molecule has 1 amide bonds. The van der Waals surface area contributed by atoms with Gasteiger partial charge in [-0.3, -0.25) is 4.79 Å². The van der Waals surface area contributed by atoms with Crippen LogP contribution in [0.3, 0.4) is 0 Å². The highest BCUT2D eigenvalue weighted by Gasteiger charge is 2.10. The minimum atomic E-state index is -0.456. The van der Waals surface area contributed by atoms with E-state index in [0.29, 0.717) is 12.2 Å². The van der Waals surface area contributed by atoms with Crippen molar-refractivity contribution in [1.29, 1.82) is 0 Å². The summed E-state index contributed by atoms with van der Waals surface area (Å²) in [6, 6.07) is 3.81. The van der Waals surface area contributed by atoms with Gasteiger partial charge in [-0.25, -0.2) is 4.39 Å². The zero-order valence-corrected chi connectivity index (χ0v) is 11.6. The second-order valence-corrected chi connectivity index (χ2v) is 4.37.